The van der Waals surface area contributed by atoms with Gasteiger partial charge in [0.25, 0.3) is 0 Å². The van der Waals surface area contributed by atoms with Crippen molar-refractivity contribution >= 4 is 19.2 Å². The molecule has 1 unspecified atom stereocenters. The van der Waals surface area contributed by atoms with E-state index in [-0.39, 0.29) is 39.8 Å². The third-order valence-electron chi connectivity index (χ3n) is 2.43. The molecule has 23 heavy (non-hydrogen) atoms. The molecule has 0 spiro atoms. The zero-order valence-corrected chi connectivity index (χ0v) is 15.8. The van der Waals surface area contributed by atoms with Gasteiger partial charge in [0.05, 0.1) is 18.8 Å². The Morgan fingerprint density at radius 2 is 1.96 bits per heavy atom. The van der Waals surface area contributed by atoms with Crippen LogP contribution in [0, 0.1) is 19.0 Å². The Hall–Kier alpha value is -1.11. The summed E-state index contributed by atoms with van der Waals surface area (Å²) in [6.07, 6.45) is 5.25. The minimum atomic E-state index is -3.51. The normalized spacial score (nSPS) is 13.3. The van der Waals surface area contributed by atoms with E-state index in [0.717, 1.165) is 0 Å². The van der Waals surface area contributed by atoms with Crippen LogP contribution in [0.25, 0.3) is 0 Å². The van der Waals surface area contributed by atoms with Crippen LogP contribution in [-0.4, -0.2) is 29.9 Å². The van der Waals surface area contributed by atoms with E-state index in [9.17, 15) is 9.36 Å². The largest absolute Gasteiger partial charge is 0.478 e. The molecule has 1 aromatic rings. The fraction of sp³-hybridized carbons (Fsp3) is 0.333. The number of benzene rings is 1. The summed E-state index contributed by atoms with van der Waals surface area (Å²) >= 11 is 0. The fourth-order valence-corrected chi connectivity index (χ4v) is 2.47. The first kappa shape index (κ1) is 21.9. The van der Waals surface area contributed by atoms with Gasteiger partial charge in [0.1, 0.15) is 0 Å². The molecule has 0 bridgehead atoms. The maximum absolute atomic E-state index is 12.3. The van der Waals surface area contributed by atoms with Crippen LogP contribution in [0.1, 0.15) is 24.2 Å². The topological polar surface area (TPSA) is 84.9 Å². The minimum Gasteiger partial charge on any atom is -0.478 e. The number of hydrogen-bond donors (Lipinski definition) is 2. The SMILES string of the molecule is C#CP(=O)(Nc1ccc(C(=O)O)cc1)OCCOC([CH2-])(C)C.[Mo]. The van der Waals surface area contributed by atoms with E-state index in [2.05, 4.69) is 17.7 Å². The number of carboxylic acid groups (broad SMARTS) is 1. The Morgan fingerprint density at radius 1 is 1.39 bits per heavy atom. The molecule has 0 aliphatic carbocycles. The number of anilines is 1. The number of ether oxygens (including phenoxy) is 1. The maximum Gasteiger partial charge on any atom is 0.367 e. The molecule has 0 saturated heterocycles. The van der Waals surface area contributed by atoms with Crippen LogP contribution in [0.2, 0.25) is 0 Å². The number of carboxylic acids is 1. The molecule has 0 aromatic heterocycles. The molecule has 0 heterocycles. The van der Waals surface area contributed by atoms with Gasteiger partial charge in [0, 0.05) is 32.4 Å². The number of aromatic carboxylic acids is 1. The second-order valence-electron chi connectivity index (χ2n) is 5.12. The summed E-state index contributed by atoms with van der Waals surface area (Å²) in [6.45, 7) is 7.58. The molecule has 0 aliphatic rings. The van der Waals surface area contributed by atoms with Gasteiger partial charge in [0.15, 0.2) is 0 Å². The standard InChI is InChI=1S/C15H19NO5P.Mo/c1-5-22(19,21-11-10-20-15(2,3)4)16-13-8-6-12(7-9-13)14(17)18;/h1,6-9H,2,10-11H2,3-4H3,(H,16,19)(H,17,18);/q-1;. The van der Waals surface area contributed by atoms with Gasteiger partial charge < -0.3 is 26.4 Å². The van der Waals surface area contributed by atoms with Crippen molar-refractivity contribution in [1.29, 1.82) is 0 Å². The summed E-state index contributed by atoms with van der Waals surface area (Å²) in [6, 6.07) is 5.68. The van der Waals surface area contributed by atoms with Gasteiger partial charge in [-0.1, -0.05) is 19.4 Å². The first-order chi connectivity index (χ1) is 10.2. The Labute approximate surface area is 150 Å². The Bertz CT molecular complexity index is 604. The van der Waals surface area contributed by atoms with E-state index >= 15 is 0 Å². The molecule has 0 radical (unpaired) electrons. The van der Waals surface area contributed by atoms with Crippen molar-refractivity contribution in [1.82, 2.24) is 0 Å². The van der Waals surface area contributed by atoms with Gasteiger partial charge in [-0.3, -0.25) is 4.57 Å². The molecule has 0 aliphatic heterocycles. The summed E-state index contributed by atoms with van der Waals surface area (Å²) in [4.78, 5) is 10.8. The van der Waals surface area contributed by atoms with Crippen molar-refractivity contribution in [2.24, 2.45) is 0 Å². The second kappa shape index (κ2) is 9.25. The van der Waals surface area contributed by atoms with Gasteiger partial charge in [-0.25, -0.2) is 4.79 Å². The number of nitrogens with one attached hydrogen (secondary N) is 1. The summed E-state index contributed by atoms with van der Waals surface area (Å²) in [5.41, 5.74) is 2.06. The Kier molecular flexibility index (Phi) is 8.80. The predicted molar refractivity (Wildman–Crippen MR) is 84.8 cm³/mol. The molecule has 8 heteroatoms. The van der Waals surface area contributed by atoms with Gasteiger partial charge in [-0.15, -0.1) is 6.42 Å². The average Bonchev–Trinajstić information content (AvgIpc) is 2.43. The average molecular weight is 420 g/mol. The number of rotatable bonds is 8. The molecule has 1 aromatic carbocycles. The first-order valence-corrected chi connectivity index (χ1v) is 8.11. The number of carbonyl (C=O) groups is 1. The Balaban J connectivity index is 0.00000484. The summed E-state index contributed by atoms with van der Waals surface area (Å²) in [5, 5.41) is 11.4. The van der Waals surface area contributed by atoms with Crippen LogP contribution < -0.4 is 5.09 Å². The molecular weight excluding hydrogens is 401 g/mol. The third kappa shape index (κ3) is 8.34. The van der Waals surface area contributed by atoms with Crippen molar-refractivity contribution in [2.75, 3.05) is 18.3 Å². The van der Waals surface area contributed by atoms with Crippen LogP contribution >= 0.6 is 7.52 Å². The van der Waals surface area contributed by atoms with Gasteiger partial charge in [0.2, 0.25) is 0 Å². The molecule has 2 N–H and O–H groups in total. The zero-order valence-electron chi connectivity index (χ0n) is 12.9. The second-order valence-corrected chi connectivity index (χ2v) is 6.96. The quantitative estimate of drug-likeness (QED) is 0.221. The van der Waals surface area contributed by atoms with Crippen molar-refractivity contribution in [3.63, 3.8) is 0 Å². The van der Waals surface area contributed by atoms with Crippen LogP contribution in [0.5, 0.6) is 0 Å². The smallest absolute Gasteiger partial charge is 0.367 e. The molecular formula is C15H19MoNO5P-. The minimum absolute atomic E-state index is 0. The summed E-state index contributed by atoms with van der Waals surface area (Å²) in [7, 11) is -3.51. The third-order valence-corrected chi connectivity index (χ3v) is 3.87. The number of terminal acetylenes is 1. The van der Waals surface area contributed by atoms with Crippen LogP contribution in [0.3, 0.4) is 0 Å². The van der Waals surface area contributed by atoms with Crippen molar-refractivity contribution in [2.45, 2.75) is 19.4 Å². The molecule has 0 saturated carbocycles. The van der Waals surface area contributed by atoms with Crippen LogP contribution in [-0.2, 0) is 34.9 Å². The zero-order chi connectivity index (χ0) is 16.8. The van der Waals surface area contributed by atoms with E-state index in [0.29, 0.717) is 5.69 Å². The molecule has 1 rings (SSSR count). The van der Waals surface area contributed by atoms with Gasteiger partial charge in [-0.2, -0.15) is 0 Å². The van der Waals surface area contributed by atoms with Gasteiger partial charge >= 0.3 is 13.5 Å². The first-order valence-electron chi connectivity index (χ1n) is 6.49. The predicted octanol–water partition coefficient (Wildman–Crippen LogP) is 3.22. The molecule has 1 atom stereocenters. The van der Waals surface area contributed by atoms with E-state index in [1.54, 1.807) is 13.8 Å². The van der Waals surface area contributed by atoms with Crippen LogP contribution in [0.4, 0.5) is 5.69 Å². The van der Waals surface area contributed by atoms with Gasteiger partial charge in [-0.05, 0) is 24.3 Å². The van der Waals surface area contributed by atoms with Crippen molar-refractivity contribution in [3.05, 3.63) is 36.8 Å². The Morgan fingerprint density at radius 3 is 2.39 bits per heavy atom. The number of hydrogen-bond acceptors (Lipinski definition) is 4. The molecule has 0 amide bonds. The maximum atomic E-state index is 12.3. The summed E-state index contributed by atoms with van der Waals surface area (Å²) < 4.78 is 22.9. The van der Waals surface area contributed by atoms with Crippen molar-refractivity contribution in [3.8, 4) is 12.1 Å². The monoisotopic (exact) mass is 422 g/mol. The fourth-order valence-electron chi connectivity index (χ4n) is 1.44. The van der Waals surface area contributed by atoms with Crippen molar-refractivity contribution < 1.29 is 44.8 Å². The molecule has 6 nitrogen and oxygen atoms in total. The van der Waals surface area contributed by atoms with E-state index < -0.39 is 19.1 Å². The van der Waals surface area contributed by atoms with Crippen LogP contribution in [0.15, 0.2) is 24.3 Å². The molecule has 126 valence electrons. The summed E-state index contributed by atoms with van der Waals surface area (Å²) in [5.74, 6) is -1.05. The van der Waals surface area contributed by atoms with E-state index in [1.807, 2.05) is 0 Å². The van der Waals surface area contributed by atoms with E-state index in [4.69, 9.17) is 20.8 Å². The molecule has 0 fully saturated rings. The van der Waals surface area contributed by atoms with E-state index in [1.165, 1.54) is 24.3 Å².